The summed E-state index contributed by atoms with van der Waals surface area (Å²) in [4.78, 5) is 17.9. The number of phenols is 1. The molecule has 2 aliphatic heterocycles. The molecule has 42 heavy (non-hydrogen) atoms. The molecule has 2 heterocycles. The third-order valence-corrected chi connectivity index (χ3v) is 11.2. The van der Waals surface area contributed by atoms with Gasteiger partial charge in [-0.1, -0.05) is 31.5 Å². The first-order valence-electron chi connectivity index (χ1n) is 15.4. The van der Waals surface area contributed by atoms with Crippen molar-refractivity contribution in [3.63, 3.8) is 0 Å². The highest BCUT2D eigenvalue weighted by molar-refractivity contribution is 5.77. The first-order valence-corrected chi connectivity index (χ1v) is 15.4. The molecule has 6 nitrogen and oxygen atoms in total. The van der Waals surface area contributed by atoms with Gasteiger partial charge in [0.15, 0.2) is 11.5 Å². The number of piperidine rings is 1. The number of carbonyl (C=O) groups is 1. The normalized spacial score (nSPS) is 33.2. The number of likely N-dealkylation sites (tertiary alicyclic amines) is 1. The van der Waals surface area contributed by atoms with Crippen molar-refractivity contribution in [1.82, 2.24) is 9.80 Å². The minimum atomic E-state index is -4.40. The average molecular weight is 585 g/mol. The van der Waals surface area contributed by atoms with E-state index < -0.39 is 28.9 Å². The van der Waals surface area contributed by atoms with Gasteiger partial charge in [-0.3, -0.25) is 9.69 Å². The van der Waals surface area contributed by atoms with Gasteiger partial charge in [0.2, 0.25) is 5.91 Å². The zero-order valence-electron chi connectivity index (χ0n) is 24.2. The van der Waals surface area contributed by atoms with Crippen molar-refractivity contribution in [2.45, 2.75) is 93.7 Å². The van der Waals surface area contributed by atoms with Crippen LogP contribution in [0.4, 0.5) is 13.2 Å². The second-order valence-electron chi connectivity index (χ2n) is 13.3. The Bertz CT molecular complexity index is 1390. The molecule has 7 rings (SSSR count). The second kappa shape index (κ2) is 9.61. The smallest absolute Gasteiger partial charge is 0.416 e. The number of nitrogens with zero attached hydrogens (tertiary/aromatic N) is 2. The lowest BCUT2D eigenvalue weighted by atomic mass is 9.45. The molecule has 2 N–H and O–H groups in total. The van der Waals surface area contributed by atoms with Crippen molar-refractivity contribution in [3.05, 3.63) is 58.7 Å². The van der Waals surface area contributed by atoms with E-state index in [0.29, 0.717) is 42.9 Å². The Morgan fingerprint density at radius 3 is 2.57 bits per heavy atom. The molecule has 2 aromatic rings. The summed E-state index contributed by atoms with van der Waals surface area (Å²) in [6, 6.07) is 8.29. The van der Waals surface area contributed by atoms with Gasteiger partial charge in [-0.15, -0.1) is 0 Å². The minimum Gasteiger partial charge on any atom is -0.504 e. The second-order valence-corrected chi connectivity index (χ2v) is 13.3. The highest BCUT2D eigenvalue weighted by Crippen LogP contribution is 2.67. The predicted molar refractivity (Wildman–Crippen MR) is 150 cm³/mol. The van der Waals surface area contributed by atoms with E-state index >= 15 is 0 Å². The van der Waals surface area contributed by atoms with Crippen LogP contribution in [0.1, 0.15) is 67.7 Å². The van der Waals surface area contributed by atoms with Gasteiger partial charge in [-0.05, 0) is 86.2 Å². The van der Waals surface area contributed by atoms with Crippen LogP contribution in [0.25, 0.3) is 0 Å². The van der Waals surface area contributed by atoms with Gasteiger partial charge in [0.25, 0.3) is 0 Å². The fourth-order valence-electron chi connectivity index (χ4n) is 9.00. The van der Waals surface area contributed by atoms with E-state index in [4.69, 9.17) is 4.74 Å². The summed E-state index contributed by atoms with van der Waals surface area (Å²) in [6.45, 7) is 3.95. The van der Waals surface area contributed by atoms with Gasteiger partial charge >= 0.3 is 6.18 Å². The SMILES string of the molecule is CCC1CC(N(C)C(=O)CCc2ccc(C(F)(F)F)cc2)C2Oc3c(O)ccc4c3[C@@]23CCN(CC2CC2)[C@H](C4)[C@]13O. The van der Waals surface area contributed by atoms with Crippen molar-refractivity contribution in [1.29, 1.82) is 0 Å². The molecule has 3 fully saturated rings. The van der Waals surface area contributed by atoms with Crippen LogP contribution < -0.4 is 4.74 Å². The fraction of sp³-hybridized carbons (Fsp3) is 0.606. The Hall–Kier alpha value is -2.78. The Morgan fingerprint density at radius 2 is 1.90 bits per heavy atom. The first kappa shape index (κ1) is 28.0. The number of aromatic hydroxyl groups is 1. The molecule has 2 aromatic carbocycles. The zero-order valence-corrected chi connectivity index (χ0v) is 24.2. The molecule has 226 valence electrons. The maximum Gasteiger partial charge on any atom is 0.416 e. The number of likely N-dealkylation sites (N-methyl/N-ethyl adjacent to an activating group) is 1. The molecule has 0 aromatic heterocycles. The Balaban J connectivity index is 1.20. The largest absolute Gasteiger partial charge is 0.504 e. The van der Waals surface area contributed by atoms with E-state index in [2.05, 4.69) is 11.8 Å². The van der Waals surface area contributed by atoms with Crippen molar-refractivity contribution >= 4 is 5.91 Å². The van der Waals surface area contributed by atoms with E-state index in [9.17, 15) is 28.2 Å². The molecule has 1 saturated heterocycles. The molecule has 1 amide bonds. The lowest BCUT2D eigenvalue weighted by molar-refractivity contribution is -0.229. The van der Waals surface area contributed by atoms with Crippen LogP contribution in [-0.2, 0) is 29.2 Å². The molecule has 1 spiro atoms. The molecule has 0 radical (unpaired) electrons. The fourth-order valence-corrected chi connectivity index (χ4v) is 9.00. The van der Waals surface area contributed by atoms with Gasteiger partial charge in [-0.25, -0.2) is 0 Å². The number of hydrogen-bond acceptors (Lipinski definition) is 5. The highest BCUT2D eigenvalue weighted by Gasteiger charge is 2.75. The van der Waals surface area contributed by atoms with Crippen LogP contribution in [-0.4, -0.2) is 69.8 Å². The molecule has 5 aliphatic rings. The maximum absolute atomic E-state index is 13.6. The number of phenolic OH excluding ortho intramolecular Hbond substituents is 1. The molecule has 6 atom stereocenters. The molecule has 9 heteroatoms. The van der Waals surface area contributed by atoms with E-state index in [1.54, 1.807) is 18.0 Å². The number of ether oxygens (including phenoxy) is 1. The number of amides is 1. The number of rotatable bonds is 7. The van der Waals surface area contributed by atoms with Gasteiger partial charge < -0.3 is 19.8 Å². The van der Waals surface area contributed by atoms with Gasteiger partial charge in [-0.2, -0.15) is 13.2 Å². The minimum absolute atomic E-state index is 0.0486. The van der Waals surface area contributed by atoms with Crippen molar-refractivity contribution < 1.29 is 32.9 Å². The van der Waals surface area contributed by atoms with Gasteiger partial charge in [0.05, 0.1) is 22.6 Å². The molecule has 2 bridgehead atoms. The van der Waals surface area contributed by atoms with Crippen LogP contribution >= 0.6 is 0 Å². The Labute approximate surface area is 244 Å². The maximum atomic E-state index is 13.6. The number of alkyl halides is 3. The summed E-state index contributed by atoms with van der Waals surface area (Å²) in [5.41, 5.74) is 0.240. The monoisotopic (exact) mass is 584 g/mol. The third-order valence-electron chi connectivity index (χ3n) is 11.2. The molecular weight excluding hydrogens is 545 g/mol. The van der Waals surface area contributed by atoms with Crippen LogP contribution in [0.3, 0.4) is 0 Å². The molecular formula is C33H39F3N2O4. The summed E-state index contributed by atoms with van der Waals surface area (Å²) < 4.78 is 45.6. The third kappa shape index (κ3) is 3.95. The van der Waals surface area contributed by atoms with E-state index in [-0.39, 0.29) is 36.1 Å². The lowest BCUT2D eigenvalue weighted by Gasteiger charge is -2.67. The van der Waals surface area contributed by atoms with E-state index in [1.165, 1.54) is 25.0 Å². The predicted octanol–water partition coefficient (Wildman–Crippen LogP) is 5.07. The molecule has 3 unspecified atom stereocenters. The molecule has 2 saturated carbocycles. The summed E-state index contributed by atoms with van der Waals surface area (Å²) in [5.74, 6) is 1.04. The summed E-state index contributed by atoms with van der Waals surface area (Å²) in [5, 5.41) is 24.0. The summed E-state index contributed by atoms with van der Waals surface area (Å²) in [6.07, 6.45) is 0.817. The van der Waals surface area contributed by atoms with E-state index in [1.807, 2.05) is 6.07 Å². The average Bonchev–Trinajstić information content (AvgIpc) is 3.71. The quantitative estimate of drug-likeness (QED) is 0.476. The van der Waals surface area contributed by atoms with Gasteiger partial charge in [0.1, 0.15) is 6.10 Å². The Kier molecular flexibility index (Phi) is 6.41. The topological polar surface area (TPSA) is 73.2 Å². The number of hydrogen-bond donors (Lipinski definition) is 2. The van der Waals surface area contributed by atoms with Gasteiger partial charge in [0, 0.05) is 31.6 Å². The Morgan fingerprint density at radius 1 is 1.17 bits per heavy atom. The summed E-state index contributed by atoms with van der Waals surface area (Å²) in [7, 11) is 1.78. The van der Waals surface area contributed by atoms with Crippen LogP contribution in [0.2, 0.25) is 0 Å². The standard InChI is InChI=1S/C33H39F3N2O4/c1-3-22-17-24(37(2)27(40)13-8-19-6-10-23(11-7-19)33(34,35)36)30-31-14-15-38(18-20-4-5-20)26(32(22,31)41)16-21-9-12-25(39)29(42-30)28(21)31/h6-7,9-12,20,22,24,26,30,39,41H,3-5,8,13-18H2,1-2H3/t22?,24?,26-,30?,31+,32-/m1/s1. The first-order chi connectivity index (χ1) is 20.0. The van der Waals surface area contributed by atoms with Crippen LogP contribution in [0.5, 0.6) is 11.5 Å². The number of carbonyl (C=O) groups excluding carboxylic acids is 1. The number of benzene rings is 2. The zero-order chi connectivity index (χ0) is 29.6. The number of halogens is 3. The number of aryl methyl sites for hydroxylation is 1. The van der Waals surface area contributed by atoms with Crippen molar-refractivity contribution in [2.24, 2.45) is 11.8 Å². The van der Waals surface area contributed by atoms with Crippen molar-refractivity contribution in [3.8, 4) is 11.5 Å². The van der Waals surface area contributed by atoms with Crippen LogP contribution in [0, 0.1) is 11.8 Å². The van der Waals surface area contributed by atoms with Crippen molar-refractivity contribution in [2.75, 3.05) is 20.1 Å². The van der Waals surface area contributed by atoms with E-state index in [0.717, 1.165) is 42.8 Å². The molecule has 3 aliphatic carbocycles. The lowest BCUT2D eigenvalue weighted by Crippen LogP contribution is -2.81. The highest BCUT2D eigenvalue weighted by atomic mass is 19.4. The van der Waals surface area contributed by atoms with Crippen LogP contribution in [0.15, 0.2) is 36.4 Å². The summed E-state index contributed by atoms with van der Waals surface area (Å²) >= 11 is 0. The number of aliphatic hydroxyl groups is 1.